The standard InChI is InChI=1S/C9H6BrCl2NO/c10-7-3-6(5-13)9(8(12)4-7)14-2-1-11/h3-4H,1-2H2. The summed E-state index contributed by atoms with van der Waals surface area (Å²) < 4.78 is 6.00. The van der Waals surface area contributed by atoms with E-state index in [1.807, 2.05) is 6.07 Å². The van der Waals surface area contributed by atoms with Crippen LogP contribution in [-0.4, -0.2) is 12.5 Å². The summed E-state index contributed by atoms with van der Waals surface area (Å²) >= 11 is 14.6. The van der Waals surface area contributed by atoms with Crippen molar-refractivity contribution in [3.8, 4) is 11.8 Å². The van der Waals surface area contributed by atoms with Crippen LogP contribution in [0.15, 0.2) is 16.6 Å². The number of hydrogen-bond donors (Lipinski definition) is 0. The minimum Gasteiger partial charge on any atom is -0.489 e. The lowest BCUT2D eigenvalue weighted by Gasteiger charge is -2.08. The number of nitriles is 1. The molecule has 0 atom stereocenters. The molecule has 0 bridgehead atoms. The van der Waals surface area contributed by atoms with Gasteiger partial charge in [-0.3, -0.25) is 0 Å². The van der Waals surface area contributed by atoms with Gasteiger partial charge in [0.2, 0.25) is 0 Å². The van der Waals surface area contributed by atoms with Crippen LogP contribution in [0, 0.1) is 11.3 Å². The quantitative estimate of drug-likeness (QED) is 0.798. The first-order valence-corrected chi connectivity index (χ1v) is 5.47. The first-order chi connectivity index (χ1) is 6.69. The molecule has 74 valence electrons. The molecule has 0 saturated heterocycles. The Labute approximate surface area is 101 Å². The zero-order valence-electron chi connectivity index (χ0n) is 7.06. The number of rotatable bonds is 3. The minimum absolute atomic E-state index is 0.331. The van der Waals surface area contributed by atoms with Crippen LogP contribution in [-0.2, 0) is 0 Å². The normalized spacial score (nSPS) is 9.57. The lowest BCUT2D eigenvalue weighted by molar-refractivity contribution is 0.342. The minimum atomic E-state index is 0.331. The van der Waals surface area contributed by atoms with Crippen LogP contribution in [0.1, 0.15) is 5.56 Å². The Balaban J connectivity index is 3.07. The zero-order chi connectivity index (χ0) is 10.6. The van der Waals surface area contributed by atoms with E-state index >= 15 is 0 Å². The highest BCUT2D eigenvalue weighted by molar-refractivity contribution is 9.10. The first-order valence-electron chi connectivity index (χ1n) is 3.77. The van der Waals surface area contributed by atoms with E-state index in [1.165, 1.54) is 0 Å². The SMILES string of the molecule is N#Cc1cc(Br)cc(Cl)c1OCCCl. The van der Waals surface area contributed by atoms with Crippen molar-refractivity contribution in [2.45, 2.75) is 0 Å². The highest BCUT2D eigenvalue weighted by Gasteiger charge is 2.09. The third-order valence-electron chi connectivity index (χ3n) is 1.45. The van der Waals surface area contributed by atoms with Gasteiger partial charge >= 0.3 is 0 Å². The highest BCUT2D eigenvalue weighted by atomic mass is 79.9. The van der Waals surface area contributed by atoms with Gasteiger partial charge in [0, 0.05) is 4.47 Å². The predicted octanol–water partition coefficient (Wildman–Crippen LogP) is 3.59. The number of halogens is 3. The fourth-order valence-corrected chi connectivity index (χ4v) is 1.87. The molecule has 0 saturated carbocycles. The van der Waals surface area contributed by atoms with Crippen molar-refractivity contribution >= 4 is 39.1 Å². The van der Waals surface area contributed by atoms with Gasteiger partial charge in [-0.25, -0.2) is 0 Å². The van der Waals surface area contributed by atoms with Gasteiger partial charge in [-0.1, -0.05) is 27.5 Å². The first kappa shape index (κ1) is 11.6. The molecule has 0 aromatic heterocycles. The molecule has 0 heterocycles. The molecule has 0 N–H and O–H groups in total. The largest absolute Gasteiger partial charge is 0.489 e. The van der Waals surface area contributed by atoms with E-state index in [4.69, 9.17) is 33.2 Å². The highest BCUT2D eigenvalue weighted by Crippen LogP contribution is 2.32. The molecule has 1 rings (SSSR count). The Morgan fingerprint density at radius 3 is 2.79 bits per heavy atom. The summed E-state index contributed by atoms with van der Waals surface area (Å²) in [4.78, 5) is 0. The van der Waals surface area contributed by atoms with Gasteiger partial charge < -0.3 is 4.74 Å². The van der Waals surface area contributed by atoms with E-state index in [9.17, 15) is 0 Å². The molecule has 0 spiro atoms. The maximum Gasteiger partial charge on any atom is 0.155 e. The van der Waals surface area contributed by atoms with Crippen LogP contribution in [0.2, 0.25) is 5.02 Å². The maximum absolute atomic E-state index is 8.82. The van der Waals surface area contributed by atoms with Crippen molar-refractivity contribution < 1.29 is 4.74 Å². The fourth-order valence-electron chi connectivity index (χ4n) is 0.931. The monoisotopic (exact) mass is 293 g/mol. The molecule has 2 nitrogen and oxygen atoms in total. The summed E-state index contributed by atoms with van der Waals surface area (Å²) in [6.07, 6.45) is 0. The number of nitrogens with zero attached hydrogens (tertiary/aromatic N) is 1. The average Bonchev–Trinajstić information content (AvgIpc) is 2.15. The second kappa shape index (κ2) is 5.45. The molecule has 0 aliphatic heterocycles. The van der Waals surface area contributed by atoms with E-state index in [0.29, 0.717) is 28.8 Å². The van der Waals surface area contributed by atoms with Crippen LogP contribution in [0.25, 0.3) is 0 Å². The summed E-state index contributed by atoms with van der Waals surface area (Å²) in [5, 5.41) is 9.23. The third-order valence-corrected chi connectivity index (χ3v) is 2.35. The predicted molar refractivity (Wildman–Crippen MR) is 60.1 cm³/mol. The summed E-state index contributed by atoms with van der Waals surface area (Å²) in [5.41, 5.74) is 0.398. The summed E-state index contributed by atoms with van der Waals surface area (Å²) in [6, 6.07) is 5.32. The molecule has 0 aliphatic rings. The topological polar surface area (TPSA) is 33.0 Å². The van der Waals surface area contributed by atoms with Crippen molar-refractivity contribution in [2.24, 2.45) is 0 Å². The van der Waals surface area contributed by atoms with Crippen LogP contribution in [0.4, 0.5) is 0 Å². The molecular weight excluding hydrogens is 289 g/mol. The molecule has 1 aromatic rings. The average molecular weight is 295 g/mol. The van der Waals surface area contributed by atoms with Crippen LogP contribution >= 0.6 is 39.1 Å². The Morgan fingerprint density at radius 1 is 1.50 bits per heavy atom. The van der Waals surface area contributed by atoms with E-state index in [-0.39, 0.29) is 0 Å². The van der Waals surface area contributed by atoms with Crippen molar-refractivity contribution in [3.05, 3.63) is 27.2 Å². The second-order valence-corrected chi connectivity index (χ2v) is 4.11. The molecule has 0 unspecified atom stereocenters. The van der Waals surface area contributed by atoms with E-state index < -0.39 is 0 Å². The Hall–Kier alpha value is -0.430. The van der Waals surface area contributed by atoms with Crippen LogP contribution < -0.4 is 4.74 Å². The van der Waals surface area contributed by atoms with Gasteiger partial charge in [-0.15, -0.1) is 11.6 Å². The van der Waals surface area contributed by atoms with E-state index in [2.05, 4.69) is 15.9 Å². The summed E-state index contributed by atoms with van der Waals surface area (Å²) in [7, 11) is 0. The van der Waals surface area contributed by atoms with Gasteiger partial charge in [0.05, 0.1) is 16.5 Å². The van der Waals surface area contributed by atoms with Crippen molar-refractivity contribution in [1.29, 1.82) is 5.26 Å². The molecule has 5 heteroatoms. The van der Waals surface area contributed by atoms with Gasteiger partial charge in [-0.2, -0.15) is 5.26 Å². The van der Waals surface area contributed by atoms with Crippen LogP contribution in [0.5, 0.6) is 5.75 Å². The lowest BCUT2D eigenvalue weighted by Crippen LogP contribution is -2.00. The van der Waals surface area contributed by atoms with Crippen molar-refractivity contribution in [3.63, 3.8) is 0 Å². The maximum atomic E-state index is 8.82. The molecule has 0 amide bonds. The van der Waals surface area contributed by atoms with Crippen LogP contribution in [0.3, 0.4) is 0 Å². The smallest absolute Gasteiger partial charge is 0.155 e. The van der Waals surface area contributed by atoms with Gasteiger partial charge in [-0.05, 0) is 12.1 Å². The molecule has 0 radical (unpaired) electrons. The van der Waals surface area contributed by atoms with E-state index in [1.54, 1.807) is 12.1 Å². The van der Waals surface area contributed by atoms with E-state index in [0.717, 1.165) is 4.47 Å². The van der Waals surface area contributed by atoms with Crippen molar-refractivity contribution in [2.75, 3.05) is 12.5 Å². The second-order valence-electron chi connectivity index (χ2n) is 2.41. The molecule has 14 heavy (non-hydrogen) atoms. The Bertz CT molecular complexity index is 376. The van der Waals surface area contributed by atoms with Gasteiger partial charge in [0.25, 0.3) is 0 Å². The lowest BCUT2D eigenvalue weighted by atomic mass is 10.2. The zero-order valence-corrected chi connectivity index (χ0v) is 10.2. The molecule has 0 fully saturated rings. The molecular formula is C9H6BrCl2NO. The number of benzene rings is 1. The third kappa shape index (κ3) is 2.78. The summed E-state index contributed by atoms with van der Waals surface area (Å²) in [6.45, 7) is 0.331. The fraction of sp³-hybridized carbons (Fsp3) is 0.222. The molecule has 0 aliphatic carbocycles. The molecule has 1 aromatic carbocycles. The number of ether oxygens (including phenoxy) is 1. The van der Waals surface area contributed by atoms with Gasteiger partial charge in [0.1, 0.15) is 12.7 Å². The Kier molecular flexibility index (Phi) is 4.53. The Morgan fingerprint density at radius 2 is 2.21 bits per heavy atom. The summed E-state index contributed by atoms with van der Waals surface area (Å²) in [5.74, 6) is 0.745. The van der Waals surface area contributed by atoms with Gasteiger partial charge in [0.15, 0.2) is 5.75 Å². The van der Waals surface area contributed by atoms with Crippen molar-refractivity contribution in [1.82, 2.24) is 0 Å². The number of hydrogen-bond acceptors (Lipinski definition) is 2. The number of alkyl halides is 1.